The van der Waals surface area contributed by atoms with E-state index in [4.69, 9.17) is 18.7 Å². The van der Waals surface area contributed by atoms with Crippen molar-refractivity contribution in [2.24, 2.45) is 0 Å². The Morgan fingerprint density at radius 3 is 2.64 bits per heavy atom. The second-order valence-electron chi connectivity index (χ2n) is 5.78. The molecule has 6 heteroatoms. The fourth-order valence-corrected chi connectivity index (χ4v) is 2.71. The van der Waals surface area contributed by atoms with Crippen molar-refractivity contribution in [2.75, 3.05) is 0 Å². The lowest BCUT2D eigenvalue weighted by atomic mass is 10.1. The van der Waals surface area contributed by atoms with Gasteiger partial charge in [-0.15, -0.1) is 0 Å². The van der Waals surface area contributed by atoms with E-state index in [1.165, 1.54) is 12.1 Å². The SMILES string of the molecule is CCCc1cc(=O)oc2cc(OCc3cc(C(=O)O)oc3C)ccc12. The maximum absolute atomic E-state index is 11.7. The monoisotopic (exact) mass is 342 g/mol. The van der Waals surface area contributed by atoms with E-state index in [0.29, 0.717) is 22.7 Å². The first kappa shape index (κ1) is 16.8. The Balaban J connectivity index is 1.85. The lowest BCUT2D eigenvalue weighted by molar-refractivity contribution is 0.0661. The van der Waals surface area contributed by atoms with Crippen LogP contribution in [0.5, 0.6) is 5.75 Å². The number of hydrogen-bond acceptors (Lipinski definition) is 5. The summed E-state index contributed by atoms with van der Waals surface area (Å²) in [5.41, 5.74) is 1.70. The Morgan fingerprint density at radius 2 is 1.96 bits per heavy atom. The Kier molecular flexibility index (Phi) is 4.61. The first-order valence-corrected chi connectivity index (χ1v) is 8.00. The molecule has 0 aliphatic carbocycles. The van der Waals surface area contributed by atoms with E-state index in [1.54, 1.807) is 19.1 Å². The average Bonchev–Trinajstić information content (AvgIpc) is 2.94. The molecule has 1 N–H and O–H groups in total. The molecule has 0 bridgehead atoms. The van der Waals surface area contributed by atoms with Crippen molar-refractivity contribution in [1.82, 2.24) is 0 Å². The molecule has 3 rings (SSSR count). The number of ether oxygens (including phenoxy) is 1. The van der Waals surface area contributed by atoms with Crippen molar-refractivity contribution in [3.8, 4) is 5.75 Å². The zero-order valence-electron chi connectivity index (χ0n) is 14.0. The summed E-state index contributed by atoms with van der Waals surface area (Å²) in [6.07, 6.45) is 1.73. The van der Waals surface area contributed by atoms with Crippen molar-refractivity contribution in [3.63, 3.8) is 0 Å². The van der Waals surface area contributed by atoms with Gasteiger partial charge >= 0.3 is 11.6 Å². The summed E-state index contributed by atoms with van der Waals surface area (Å²) in [6, 6.07) is 8.30. The quantitative estimate of drug-likeness (QED) is 0.683. The Bertz CT molecular complexity index is 979. The molecule has 0 aliphatic rings. The highest BCUT2D eigenvalue weighted by Gasteiger charge is 2.14. The van der Waals surface area contributed by atoms with Gasteiger partial charge in [0.05, 0.1) is 0 Å². The van der Waals surface area contributed by atoms with Crippen LogP contribution < -0.4 is 10.4 Å². The molecule has 0 fully saturated rings. The lowest BCUT2D eigenvalue weighted by Crippen LogP contribution is -2.01. The molecule has 0 spiro atoms. The van der Waals surface area contributed by atoms with Gasteiger partial charge in [0.15, 0.2) is 0 Å². The van der Waals surface area contributed by atoms with Gasteiger partial charge in [0.25, 0.3) is 0 Å². The summed E-state index contributed by atoms with van der Waals surface area (Å²) >= 11 is 0. The van der Waals surface area contributed by atoms with Gasteiger partial charge in [-0.2, -0.15) is 0 Å². The van der Waals surface area contributed by atoms with Crippen LogP contribution in [0.3, 0.4) is 0 Å². The van der Waals surface area contributed by atoms with Gasteiger partial charge in [0.1, 0.15) is 23.7 Å². The van der Waals surface area contributed by atoms with Crippen molar-refractivity contribution < 1.29 is 23.5 Å². The third-order valence-corrected chi connectivity index (χ3v) is 3.95. The van der Waals surface area contributed by atoms with E-state index >= 15 is 0 Å². The van der Waals surface area contributed by atoms with Crippen LogP contribution >= 0.6 is 0 Å². The van der Waals surface area contributed by atoms with Gasteiger partial charge in [0, 0.05) is 23.1 Å². The van der Waals surface area contributed by atoms with Crippen molar-refractivity contribution in [1.29, 1.82) is 0 Å². The van der Waals surface area contributed by atoms with Crippen LogP contribution in [-0.2, 0) is 13.0 Å². The van der Waals surface area contributed by atoms with E-state index in [9.17, 15) is 9.59 Å². The van der Waals surface area contributed by atoms with Gasteiger partial charge in [-0.05, 0) is 37.1 Å². The zero-order chi connectivity index (χ0) is 18.0. The smallest absolute Gasteiger partial charge is 0.371 e. The van der Waals surface area contributed by atoms with E-state index in [-0.39, 0.29) is 18.0 Å². The Morgan fingerprint density at radius 1 is 1.16 bits per heavy atom. The molecule has 25 heavy (non-hydrogen) atoms. The molecule has 1 aromatic carbocycles. The number of aryl methyl sites for hydroxylation is 2. The highest BCUT2D eigenvalue weighted by atomic mass is 16.5. The minimum atomic E-state index is -1.12. The molecule has 0 amide bonds. The molecule has 2 heterocycles. The topological polar surface area (TPSA) is 89.9 Å². The number of carbonyl (C=O) groups is 1. The fraction of sp³-hybridized carbons (Fsp3) is 0.263. The largest absolute Gasteiger partial charge is 0.489 e. The van der Waals surface area contributed by atoms with Crippen LogP contribution in [0.25, 0.3) is 11.0 Å². The molecule has 6 nitrogen and oxygen atoms in total. The van der Waals surface area contributed by atoms with Crippen LogP contribution in [0, 0.1) is 6.92 Å². The molecule has 0 radical (unpaired) electrons. The first-order valence-electron chi connectivity index (χ1n) is 8.00. The molecule has 0 unspecified atom stereocenters. The van der Waals surface area contributed by atoms with Crippen LogP contribution in [0.1, 0.15) is 40.8 Å². The van der Waals surface area contributed by atoms with Crippen LogP contribution in [0.4, 0.5) is 0 Å². The minimum absolute atomic E-state index is 0.121. The number of benzene rings is 1. The predicted octanol–water partition coefficient (Wildman–Crippen LogP) is 3.92. The molecule has 3 aromatic rings. The summed E-state index contributed by atoms with van der Waals surface area (Å²) in [5, 5.41) is 9.84. The van der Waals surface area contributed by atoms with Gasteiger partial charge in [-0.3, -0.25) is 0 Å². The molecule has 0 saturated carbocycles. The summed E-state index contributed by atoms with van der Waals surface area (Å²) in [6.45, 7) is 3.89. The van der Waals surface area contributed by atoms with Gasteiger partial charge in [-0.25, -0.2) is 9.59 Å². The standard InChI is InChI=1S/C19H18O6/c1-3-4-12-8-18(20)25-16-9-14(5-6-15(12)16)23-10-13-7-17(19(21)22)24-11(13)2/h5-9H,3-4,10H2,1-2H3,(H,21,22). The number of fused-ring (bicyclic) bond motifs is 1. The minimum Gasteiger partial charge on any atom is -0.489 e. The van der Waals surface area contributed by atoms with E-state index in [0.717, 1.165) is 23.8 Å². The third-order valence-electron chi connectivity index (χ3n) is 3.95. The van der Waals surface area contributed by atoms with Gasteiger partial charge < -0.3 is 18.7 Å². The fourth-order valence-electron chi connectivity index (χ4n) is 2.71. The maximum atomic E-state index is 11.7. The number of rotatable bonds is 6. The molecule has 0 atom stereocenters. The Hall–Kier alpha value is -3.02. The molecular formula is C19H18O6. The second kappa shape index (κ2) is 6.84. The van der Waals surface area contributed by atoms with Crippen LogP contribution in [0.2, 0.25) is 0 Å². The van der Waals surface area contributed by atoms with Crippen LogP contribution in [0.15, 0.2) is 44.0 Å². The summed E-state index contributed by atoms with van der Waals surface area (Å²) in [4.78, 5) is 22.6. The van der Waals surface area contributed by atoms with Crippen molar-refractivity contribution in [2.45, 2.75) is 33.3 Å². The highest BCUT2D eigenvalue weighted by Crippen LogP contribution is 2.25. The highest BCUT2D eigenvalue weighted by molar-refractivity contribution is 5.84. The number of carboxylic acid groups (broad SMARTS) is 1. The molecule has 0 aliphatic heterocycles. The predicted molar refractivity (Wildman–Crippen MR) is 91.2 cm³/mol. The first-order chi connectivity index (χ1) is 12.0. The molecular weight excluding hydrogens is 324 g/mol. The second-order valence-corrected chi connectivity index (χ2v) is 5.78. The normalized spacial score (nSPS) is 11.0. The van der Waals surface area contributed by atoms with Crippen molar-refractivity contribution in [3.05, 3.63) is 63.4 Å². The number of carboxylic acids is 1. The maximum Gasteiger partial charge on any atom is 0.371 e. The van der Waals surface area contributed by atoms with Crippen molar-refractivity contribution >= 4 is 16.9 Å². The molecule has 130 valence electrons. The zero-order valence-corrected chi connectivity index (χ0v) is 14.0. The average molecular weight is 342 g/mol. The van der Waals surface area contributed by atoms with E-state index in [2.05, 4.69) is 6.92 Å². The number of furan rings is 1. The summed E-state index contributed by atoms with van der Waals surface area (Å²) in [5.74, 6) is -0.216. The van der Waals surface area contributed by atoms with Gasteiger partial charge in [-0.1, -0.05) is 13.3 Å². The molecule has 2 aromatic heterocycles. The summed E-state index contributed by atoms with van der Waals surface area (Å²) in [7, 11) is 0. The van der Waals surface area contributed by atoms with Gasteiger partial charge in [0.2, 0.25) is 5.76 Å². The lowest BCUT2D eigenvalue weighted by Gasteiger charge is -2.08. The Labute approximate surface area is 143 Å². The third kappa shape index (κ3) is 3.57. The van der Waals surface area contributed by atoms with Crippen LogP contribution in [-0.4, -0.2) is 11.1 Å². The number of aromatic carboxylic acids is 1. The van der Waals surface area contributed by atoms with E-state index in [1.807, 2.05) is 6.07 Å². The van der Waals surface area contributed by atoms with E-state index < -0.39 is 5.97 Å². The number of hydrogen-bond donors (Lipinski definition) is 1. The molecule has 0 saturated heterocycles. The summed E-state index contributed by atoms with van der Waals surface area (Å²) < 4.78 is 16.1.